The van der Waals surface area contributed by atoms with Crippen molar-refractivity contribution in [3.05, 3.63) is 33.7 Å². The summed E-state index contributed by atoms with van der Waals surface area (Å²) in [6.07, 6.45) is -1.13. The standard InChI is InChI=1S/C35H57ClN2O11/c1-3-5-7-9-11-13-17-46-31-27(39)25(48-33(43)29(31)41)20-37-23-16-15-22(36)19-24(23)38(35(37)45)21-26-28(40)32(30(42)34(44)49-26)47-18-14-12-10-8-6-4-2/h15-16,19,25-34,39-44H,3-14,17-18,20-21H2,1-2H3/t25-,26+,27-,28+,29+,30-,31+,32-,33-,34+/m1/s1. The summed E-state index contributed by atoms with van der Waals surface area (Å²) in [5.41, 5.74) is 0.261. The zero-order valence-electron chi connectivity index (χ0n) is 28.8. The van der Waals surface area contributed by atoms with E-state index in [0.717, 1.165) is 64.2 Å². The molecule has 13 nitrogen and oxygen atoms in total. The lowest BCUT2D eigenvalue weighted by Crippen LogP contribution is -2.60. The normalized spacial score (nSPS) is 30.7. The number of ether oxygens (including phenoxy) is 4. The van der Waals surface area contributed by atoms with Crippen LogP contribution in [0.25, 0.3) is 11.0 Å². The lowest BCUT2D eigenvalue weighted by molar-refractivity contribution is -0.292. The van der Waals surface area contributed by atoms with Crippen LogP contribution in [0.4, 0.5) is 0 Å². The van der Waals surface area contributed by atoms with Crippen LogP contribution < -0.4 is 5.69 Å². The maximum absolute atomic E-state index is 14.0. The summed E-state index contributed by atoms with van der Waals surface area (Å²) in [5.74, 6) is 0. The first kappa shape index (κ1) is 40.2. The van der Waals surface area contributed by atoms with E-state index in [2.05, 4.69) is 13.8 Å². The Kier molecular flexibility index (Phi) is 16.3. The zero-order valence-corrected chi connectivity index (χ0v) is 29.6. The number of hydrogen-bond donors (Lipinski definition) is 6. The third-order valence-electron chi connectivity index (χ3n) is 9.64. The van der Waals surface area contributed by atoms with Crippen LogP contribution >= 0.6 is 11.6 Å². The molecule has 6 N–H and O–H groups in total. The number of imidazole rings is 1. The van der Waals surface area contributed by atoms with Gasteiger partial charge in [-0.15, -0.1) is 0 Å². The van der Waals surface area contributed by atoms with Gasteiger partial charge < -0.3 is 49.6 Å². The quantitative estimate of drug-likeness (QED) is 0.111. The third kappa shape index (κ3) is 10.5. The number of aromatic nitrogens is 2. The van der Waals surface area contributed by atoms with Crippen molar-refractivity contribution in [1.82, 2.24) is 9.13 Å². The first-order chi connectivity index (χ1) is 23.6. The van der Waals surface area contributed by atoms with E-state index >= 15 is 0 Å². The van der Waals surface area contributed by atoms with E-state index in [1.54, 1.807) is 18.2 Å². The minimum Gasteiger partial charge on any atom is -0.388 e. The van der Waals surface area contributed by atoms with Gasteiger partial charge in [0.25, 0.3) is 0 Å². The molecule has 10 atom stereocenters. The Labute approximate surface area is 293 Å². The molecule has 0 saturated carbocycles. The maximum atomic E-state index is 14.0. The Balaban J connectivity index is 1.47. The van der Waals surface area contributed by atoms with Gasteiger partial charge in [-0.1, -0.05) is 89.7 Å². The number of fused-ring (bicyclic) bond motifs is 1. The molecular formula is C35H57ClN2O11. The van der Waals surface area contributed by atoms with Crippen LogP contribution in [0.2, 0.25) is 5.02 Å². The van der Waals surface area contributed by atoms with Crippen LogP contribution in [-0.4, -0.2) is 114 Å². The number of rotatable bonds is 20. The number of halogens is 1. The highest BCUT2D eigenvalue weighted by Crippen LogP contribution is 2.28. The lowest BCUT2D eigenvalue weighted by Gasteiger charge is -2.40. The largest absolute Gasteiger partial charge is 0.388 e. The number of aliphatic hydroxyl groups is 6. The Bertz CT molecular complexity index is 1320. The number of unbranched alkanes of at least 4 members (excludes halogenated alkanes) is 10. The zero-order chi connectivity index (χ0) is 35.5. The number of benzene rings is 1. The SMILES string of the molecule is CCCCCCCCO[C@@H]1[C@@H](O)[C@H](Cn2c(=O)n(C[C@H]3O[C@@H](O)[C@@H](O)[C@@H](OCCCCCCCC)[C@@H]3O)c3ccc(Cl)cc32)O[C@H](O)[C@@H]1O. The van der Waals surface area contributed by atoms with Gasteiger partial charge in [-0.2, -0.15) is 0 Å². The van der Waals surface area contributed by atoms with Crippen molar-refractivity contribution in [3.63, 3.8) is 0 Å². The van der Waals surface area contributed by atoms with Gasteiger partial charge >= 0.3 is 5.69 Å². The molecule has 0 unspecified atom stereocenters. The van der Waals surface area contributed by atoms with Crippen molar-refractivity contribution in [3.8, 4) is 0 Å². The highest BCUT2D eigenvalue weighted by Gasteiger charge is 2.46. The molecule has 2 fully saturated rings. The molecule has 2 aromatic rings. The third-order valence-corrected chi connectivity index (χ3v) is 9.88. The van der Waals surface area contributed by atoms with Crippen LogP contribution in [0.5, 0.6) is 0 Å². The average Bonchev–Trinajstić information content (AvgIpc) is 3.32. The van der Waals surface area contributed by atoms with E-state index < -0.39 is 67.1 Å². The molecule has 4 rings (SSSR count). The molecule has 2 saturated heterocycles. The van der Waals surface area contributed by atoms with Gasteiger partial charge in [-0.05, 0) is 31.0 Å². The highest BCUT2D eigenvalue weighted by atomic mass is 35.5. The minimum absolute atomic E-state index is 0.203. The molecule has 3 heterocycles. The fraction of sp³-hybridized carbons (Fsp3) is 0.800. The number of hydrogen-bond acceptors (Lipinski definition) is 11. The summed E-state index contributed by atoms with van der Waals surface area (Å²) in [4.78, 5) is 14.0. The van der Waals surface area contributed by atoms with Crippen molar-refractivity contribution in [1.29, 1.82) is 0 Å². The second-order valence-corrected chi connectivity index (χ2v) is 13.9. The van der Waals surface area contributed by atoms with Crippen molar-refractivity contribution in [2.45, 2.75) is 165 Å². The fourth-order valence-corrected chi connectivity index (χ4v) is 6.90. The number of nitrogens with zero attached hydrogens (tertiary/aromatic N) is 2. The molecule has 1 aromatic heterocycles. The van der Waals surface area contributed by atoms with E-state index in [9.17, 15) is 35.4 Å². The Morgan fingerprint density at radius 3 is 1.53 bits per heavy atom. The summed E-state index contributed by atoms with van der Waals surface area (Å²) in [7, 11) is 0. The average molecular weight is 717 g/mol. The highest BCUT2D eigenvalue weighted by molar-refractivity contribution is 6.31. The smallest absolute Gasteiger partial charge is 0.329 e. The summed E-state index contributed by atoms with van der Waals surface area (Å²) in [5, 5.41) is 64.9. The maximum Gasteiger partial charge on any atom is 0.329 e. The lowest BCUT2D eigenvalue weighted by atomic mass is 9.98. The first-order valence-electron chi connectivity index (χ1n) is 18.1. The van der Waals surface area contributed by atoms with Crippen molar-refractivity contribution >= 4 is 22.6 Å². The van der Waals surface area contributed by atoms with E-state index in [1.165, 1.54) is 22.0 Å². The van der Waals surface area contributed by atoms with E-state index in [0.29, 0.717) is 16.1 Å². The summed E-state index contributed by atoms with van der Waals surface area (Å²) in [6.45, 7) is 4.45. The molecule has 0 aliphatic carbocycles. The monoisotopic (exact) mass is 716 g/mol. The molecular weight excluding hydrogens is 660 g/mol. The van der Waals surface area contributed by atoms with Crippen LogP contribution in [-0.2, 0) is 32.0 Å². The van der Waals surface area contributed by atoms with Crippen LogP contribution in [0.1, 0.15) is 90.9 Å². The Hall–Kier alpha value is -1.62. The van der Waals surface area contributed by atoms with Crippen molar-refractivity contribution in [2.24, 2.45) is 0 Å². The Morgan fingerprint density at radius 1 is 0.633 bits per heavy atom. The fourth-order valence-electron chi connectivity index (χ4n) is 6.74. The summed E-state index contributed by atoms with van der Waals surface area (Å²) >= 11 is 6.32. The van der Waals surface area contributed by atoms with Gasteiger partial charge in [-0.25, -0.2) is 4.79 Å². The summed E-state index contributed by atoms with van der Waals surface area (Å²) < 4.78 is 25.5. The van der Waals surface area contributed by atoms with Crippen LogP contribution in [0.3, 0.4) is 0 Å². The molecule has 0 spiro atoms. The van der Waals surface area contributed by atoms with E-state index in [1.807, 2.05) is 0 Å². The molecule has 2 aliphatic heterocycles. The predicted octanol–water partition coefficient (Wildman–Crippen LogP) is 2.83. The molecule has 1 aromatic carbocycles. The van der Waals surface area contributed by atoms with Gasteiger partial charge in [0, 0.05) is 18.2 Å². The van der Waals surface area contributed by atoms with Crippen LogP contribution in [0.15, 0.2) is 23.0 Å². The molecule has 49 heavy (non-hydrogen) atoms. The van der Waals surface area contributed by atoms with E-state index in [-0.39, 0.29) is 26.3 Å². The van der Waals surface area contributed by atoms with Gasteiger partial charge in [0.05, 0.1) is 24.1 Å². The second kappa shape index (κ2) is 19.8. The molecule has 0 radical (unpaired) electrons. The summed E-state index contributed by atoms with van der Waals surface area (Å²) in [6, 6.07) is 4.81. The van der Waals surface area contributed by atoms with Gasteiger partial charge in [0.2, 0.25) is 0 Å². The molecule has 2 aliphatic rings. The van der Waals surface area contributed by atoms with Crippen LogP contribution in [0, 0.1) is 0 Å². The second-order valence-electron chi connectivity index (χ2n) is 13.4. The van der Waals surface area contributed by atoms with Crippen molar-refractivity contribution in [2.75, 3.05) is 13.2 Å². The van der Waals surface area contributed by atoms with Crippen molar-refractivity contribution < 1.29 is 49.6 Å². The van der Waals surface area contributed by atoms with Gasteiger partial charge in [-0.3, -0.25) is 9.13 Å². The number of aliphatic hydroxyl groups excluding tert-OH is 6. The first-order valence-corrected chi connectivity index (χ1v) is 18.5. The van der Waals surface area contributed by atoms with Gasteiger partial charge in [0.15, 0.2) is 12.6 Å². The van der Waals surface area contributed by atoms with Gasteiger partial charge in [0.1, 0.15) is 48.8 Å². The molecule has 0 amide bonds. The van der Waals surface area contributed by atoms with E-state index in [4.69, 9.17) is 30.5 Å². The molecule has 14 heteroatoms. The topological polar surface area (TPSA) is 185 Å². The molecule has 0 bridgehead atoms. The molecule has 280 valence electrons. The Morgan fingerprint density at radius 2 is 1.06 bits per heavy atom. The predicted molar refractivity (Wildman–Crippen MR) is 183 cm³/mol. The minimum atomic E-state index is -1.65.